The lowest BCUT2D eigenvalue weighted by Crippen LogP contribution is -2.15. The molecular weight excluding hydrogens is 276 g/mol. The fraction of sp³-hybridized carbons (Fsp3) is 0.278. The molecule has 1 heterocycles. The molecule has 21 heavy (non-hydrogen) atoms. The Morgan fingerprint density at radius 2 is 1.95 bits per heavy atom. The summed E-state index contributed by atoms with van der Waals surface area (Å²) in [6.07, 6.45) is 4.80. The number of nitrogens with one attached hydrogen (secondary N) is 1. The molecular formula is C18H18N2S. The Kier molecular flexibility index (Phi) is 3.45. The van der Waals surface area contributed by atoms with Gasteiger partial charge in [-0.25, -0.2) is 4.98 Å². The van der Waals surface area contributed by atoms with Gasteiger partial charge in [-0.05, 0) is 36.1 Å². The molecule has 1 aromatic heterocycles. The van der Waals surface area contributed by atoms with Crippen molar-refractivity contribution in [2.24, 2.45) is 5.92 Å². The zero-order valence-corrected chi connectivity index (χ0v) is 12.7. The maximum absolute atomic E-state index is 4.57. The number of fused-ring (bicyclic) bond motifs is 1. The fourth-order valence-electron chi connectivity index (χ4n) is 2.66. The van der Waals surface area contributed by atoms with E-state index in [1.165, 1.54) is 39.1 Å². The van der Waals surface area contributed by atoms with E-state index in [9.17, 15) is 0 Å². The first kappa shape index (κ1) is 13.0. The Morgan fingerprint density at radius 3 is 2.86 bits per heavy atom. The normalized spacial score (nSPS) is 14.7. The van der Waals surface area contributed by atoms with E-state index >= 15 is 0 Å². The molecule has 1 fully saturated rings. The summed E-state index contributed by atoms with van der Waals surface area (Å²) in [5, 5.41) is 7.29. The van der Waals surface area contributed by atoms with Crippen LogP contribution in [0.15, 0.2) is 48.7 Å². The van der Waals surface area contributed by atoms with Gasteiger partial charge in [0.15, 0.2) is 0 Å². The average Bonchev–Trinajstić information content (AvgIpc) is 3.23. The quantitative estimate of drug-likeness (QED) is 0.751. The van der Waals surface area contributed by atoms with E-state index in [4.69, 9.17) is 0 Å². The maximum Gasteiger partial charge on any atom is 0.107 e. The maximum atomic E-state index is 4.57. The third-order valence-corrected chi connectivity index (χ3v) is 5.05. The van der Waals surface area contributed by atoms with Gasteiger partial charge in [0.25, 0.3) is 0 Å². The van der Waals surface area contributed by atoms with Crippen LogP contribution in [-0.4, -0.2) is 11.5 Å². The second-order valence-corrected chi connectivity index (χ2v) is 6.83. The van der Waals surface area contributed by atoms with Crippen molar-refractivity contribution in [3.8, 4) is 10.4 Å². The van der Waals surface area contributed by atoms with E-state index in [0.29, 0.717) is 0 Å². The number of hydrogen-bond acceptors (Lipinski definition) is 3. The van der Waals surface area contributed by atoms with E-state index in [2.05, 4.69) is 52.8 Å². The summed E-state index contributed by atoms with van der Waals surface area (Å²) in [6.45, 7) is 2.04. The molecule has 0 aliphatic heterocycles. The first-order valence-corrected chi connectivity index (χ1v) is 8.35. The van der Waals surface area contributed by atoms with Crippen molar-refractivity contribution >= 4 is 22.1 Å². The van der Waals surface area contributed by atoms with Crippen LogP contribution in [0.25, 0.3) is 21.2 Å². The van der Waals surface area contributed by atoms with Crippen LogP contribution < -0.4 is 5.32 Å². The van der Waals surface area contributed by atoms with Crippen LogP contribution in [0.1, 0.15) is 17.8 Å². The second kappa shape index (κ2) is 5.58. The van der Waals surface area contributed by atoms with Crippen molar-refractivity contribution < 1.29 is 0 Å². The van der Waals surface area contributed by atoms with Crippen LogP contribution in [0.4, 0.5) is 0 Å². The Labute approximate surface area is 128 Å². The zero-order chi connectivity index (χ0) is 14.1. The summed E-state index contributed by atoms with van der Waals surface area (Å²) >= 11 is 1.80. The Balaban J connectivity index is 1.58. The standard InChI is InChI=1S/C18H18N2S/c1-2-6-15-14(4-1)5-3-7-16(15)17-11-20-18(21-17)12-19-10-13-8-9-13/h1-7,11,13,19H,8-10,12H2. The molecule has 2 nitrogen and oxygen atoms in total. The Bertz CT molecular complexity index is 753. The molecule has 3 aromatic rings. The summed E-state index contributed by atoms with van der Waals surface area (Å²) in [5.41, 5.74) is 1.29. The van der Waals surface area contributed by atoms with Gasteiger partial charge in [-0.3, -0.25) is 0 Å². The highest BCUT2D eigenvalue weighted by Crippen LogP contribution is 2.32. The Hall–Kier alpha value is -1.71. The van der Waals surface area contributed by atoms with Gasteiger partial charge in [0, 0.05) is 18.3 Å². The predicted octanol–water partition coefficient (Wildman–Crippen LogP) is 4.46. The first-order chi connectivity index (χ1) is 10.4. The van der Waals surface area contributed by atoms with Gasteiger partial charge in [0.2, 0.25) is 0 Å². The second-order valence-electron chi connectivity index (χ2n) is 5.72. The molecule has 2 aromatic carbocycles. The molecule has 0 saturated heterocycles. The molecule has 1 saturated carbocycles. The van der Waals surface area contributed by atoms with Crippen LogP contribution in [0.5, 0.6) is 0 Å². The van der Waals surface area contributed by atoms with E-state index in [1.54, 1.807) is 11.3 Å². The van der Waals surface area contributed by atoms with Crippen LogP contribution in [0.3, 0.4) is 0 Å². The highest BCUT2D eigenvalue weighted by atomic mass is 32.1. The van der Waals surface area contributed by atoms with Crippen molar-refractivity contribution in [2.45, 2.75) is 19.4 Å². The average molecular weight is 294 g/mol. The minimum atomic E-state index is 0.895. The van der Waals surface area contributed by atoms with Crippen molar-refractivity contribution in [3.05, 3.63) is 53.7 Å². The van der Waals surface area contributed by atoms with E-state index in [0.717, 1.165) is 19.0 Å². The highest BCUT2D eigenvalue weighted by Gasteiger charge is 2.20. The molecule has 4 rings (SSSR count). The lowest BCUT2D eigenvalue weighted by molar-refractivity contribution is 0.637. The first-order valence-electron chi connectivity index (χ1n) is 7.54. The number of nitrogens with zero attached hydrogens (tertiary/aromatic N) is 1. The number of rotatable bonds is 5. The highest BCUT2D eigenvalue weighted by molar-refractivity contribution is 7.15. The zero-order valence-electron chi connectivity index (χ0n) is 11.9. The molecule has 1 aliphatic rings. The van der Waals surface area contributed by atoms with Gasteiger partial charge in [0.05, 0.1) is 4.88 Å². The van der Waals surface area contributed by atoms with Gasteiger partial charge in [-0.1, -0.05) is 42.5 Å². The number of hydrogen-bond donors (Lipinski definition) is 1. The van der Waals surface area contributed by atoms with Crippen LogP contribution in [-0.2, 0) is 6.54 Å². The van der Waals surface area contributed by atoms with Gasteiger partial charge in [-0.2, -0.15) is 0 Å². The topological polar surface area (TPSA) is 24.9 Å². The van der Waals surface area contributed by atoms with Gasteiger partial charge in [0.1, 0.15) is 5.01 Å². The molecule has 0 radical (unpaired) electrons. The summed E-state index contributed by atoms with van der Waals surface area (Å²) in [4.78, 5) is 5.83. The summed E-state index contributed by atoms with van der Waals surface area (Å²) in [7, 11) is 0. The summed E-state index contributed by atoms with van der Waals surface area (Å²) in [6, 6.07) is 15.0. The SMILES string of the molecule is c1ccc2c(-c3cnc(CNCC4CC4)s3)cccc2c1. The summed E-state index contributed by atoms with van der Waals surface area (Å²) in [5.74, 6) is 0.919. The van der Waals surface area contributed by atoms with Crippen LogP contribution in [0, 0.1) is 5.92 Å². The van der Waals surface area contributed by atoms with Crippen molar-refractivity contribution in [2.75, 3.05) is 6.54 Å². The molecule has 3 heteroatoms. The lowest BCUT2D eigenvalue weighted by Gasteiger charge is -2.03. The monoisotopic (exact) mass is 294 g/mol. The molecule has 0 spiro atoms. The number of thiazole rings is 1. The molecule has 1 N–H and O–H groups in total. The largest absolute Gasteiger partial charge is 0.310 e. The number of benzene rings is 2. The third kappa shape index (κ3) is 2.85. The lowest BCUT2D eigenvalue weighted by atomic mass is 10.0. The molecule has 0 amide bonds. The van der Waals surface area contributed by atoms with Crippen molar-refractivity contribution in [1.82, 2.24) is 10.3 Å². The van der Waals surface area contributed by atoms with Crippen molar-refractivity contribution in [1.29, 1.82) is 0 Å². The molecule has 106 valence electrons. The molecule has 0 unspecified atom stereocenters. The molecule has 0 bridgehead atoms. The van der Waals surface area contributed by atoms with Crippen molar-refractivity contribution in [3.63, 3.8) is 0 Å². The van der Waals surface area contributed by atoms with E-state index in [-0.39, 0.29) is 0 Å². The van der Waals surface area contributed by atoms with E-state index < -0.39 is 0 Å². The molecule has 1 aliphatic carbocycles. The molecule has 0 atom stereocenters. The van der Waals surface area contributed by atoms with Crippen LogP contribution in [0.2, 0.25) is 0 Å². The van der Waals surface area contributed by atoms with E-state index in [1.807, 2.05) is 6.20 Å². The number of aromatic nitrogens is 1. The Morgan fingerprint density at radius 1 is 1.10 bits per heavy atom. The summed E-state index contributed by atoms with van der Waals surface area (Å²) < 4.78 is 0. The smallest absolute Gasteiger partial charge is 0.107 e. The fourth-order valence-corrected chi connectivity index (χ4v) is 3.59. The third-order valence-electron chi connectivity index (χ3n) is 4.01. The minimum absolute atomic E-state index is 0.895. The predicted molar refractivity (Wildman–Crippen MR) is 89.5 cm³/mol. The van der Waals surface area contributed by atoms with Crippen LogP contribution >= 0.6 is 11.3 Å². The van der Waals surface area contributed by atoms with Gasteiger partial charge in [-0.15, -0.1) is 11.3 Å². The minimum Gasteiger partial charge on any atom is -0.310 e. The van der Waals surface area contributed by atoms with Gasteiger partial charge < -0.3 is 5.32 Å². The van der Waals surface area contributed by atoms with Gasteiger partial charge >= 0.3 is 0 Å².